The number of esters is 2. The Kier molecular flexibility index (Phi) is 16.7. The number of carbonyl (C=O) groups is 6. The zero-order chi connectivity index (χ0) is 70.2. The summed E-state index contributed by atoms with van der Waals surface area (Å²) < 4.78 is 47.0. The summed E-state index contributed by atoms with van der Waals surface area (Å²) in [7, 11) is 8.68. The molecule has 16 rings (SSSR count). The Morgan fingerprint density at radius 1 is 0.586 bits per heavy atom. The molecule has 6 aromatic carbocycles. The van der Waals surface area contributed by atoms with Gasteiger partial charge in [0.2, 0.25) is 13.6 Å². The number of hydrogen-bond donors (Lipinski definition) is 3. The van der Waals surface area contributed by atoms with E-state index in [4.69, 9.17) is 37.9 Å². The maximum absolute atomic E-state index is 13.8. The summed E-state index contributed by atoms with van der Waals surface area (Å²) in [5, 5.41) is 46.6. The number of aliphatic hydroxyl groups is 1. The summed E-state index contributed by atoms with van der Waals surface area (Å²) in [4.78, 5) is 94.4. The first-order valence-electron chi connectivity index (χ1n) is 32.9. The lowest BCUT2D eigenvalue weighted by Gasteiger charge is -2.60. The summed E-state index contributed by atoms with van der Waals surface area (Å²) in [5.41, 5.74) is 9.82. The Balaban J connectivity index is 0.000000160. The van der Waals surface area contributed by atoms with Gasteiger partial charge in [-0.25, -0.2) is 0 Å². The minimum atomic E-state index is -1.04. The normalized spacial score (nSPS) is 24.8. The number of likely N-dealkylation sites (N-methyl/N-ethyl adjacent to an activating group) is 2. The monoisotopic (exact) mass is 1350 g/mol. The van der Waals surface area contributed by atoms with Crippen molar-refractivity contribution in [3.8, 4) is 63.6 Å². The first kappa shape index (κ1) is 66.2. The number of methoxy groups -OCH3 is 2. The average Bonchev–Trinajstić information content (AvgIpc) is 1.35. The Morgan fingerprint density at radius 3 is 1.34 bits per heavy atom. The van der Waals surface area contributed by atoms with E-state index in [0.717, 1.165) is 22.3 Å². The second kappa shape index (κ2) is 25.0. The summed E-state index contributed by atoms with van der Waals surface area (Å²) in [6.07, 6.45) is 2.25. The second-order valence-corrected chi connectivity index (χ2v) is 26.6. The van der Waals surface area contributed by atoms with E-state index in [1.165, 1.54) is 37.9 Å². The molecule has 0 aliphatic carbocycles. The summed E-state index contributed by atoms with van der Waals surface area (Å²) in [6.45, 7) is 11.6. The minimum absolute atomic E-state index is 0.0407. The highest BCUT2D eigenvalue weighted by Crippen LogP contribution is 2.61. The molecule has 99 heavy (non-hydrogen) atoms. The number of imide groups is 2. The van der Waals surface area contributed by atoms with Crippen LogP contribution in [-0.4, -0.2) is 185 Å². The average molecular weight is 1350 g/mol. The number of hydrogen-bond acceptors (Lipinski definition) is 23. The lowest BCUT2D eigenvalue weighted by Crippen LogP contribution is -2.69. The molecule has 10 aliphatic heterocycles. The Morgan fingerprint density at radius 2 is 0.960 bits per heavy atom. The van der Waals surface area contributed by atoms with E-state index in [9.17, 15) is 49.3 Å². The molecule has 10 atom stereocenters. The third-order valence-electron chi connectivity index (χ3n) is 21.6. The van der Waals surface area contributed by atoms with E-state index in [1.807, 2.05) is 51.9 Å². The van der Waals surface area contributed by atoms with Crippen LogP contribution >= 0.6 is 0 Å². The van der Waals surface area contributed by atoms with Gasteiger partial charge in [-0.3, -0.25) is 58.2 Å². The number of piperazine rings is 2. The van der Waals surface area contributed by atoms with Crippen molar-refractivity contribution >= 4 is 41.8 Å². The van der Waals surface area contributed by atoms with Gasteiger partial charge in [-0.2, -0.15) is 5.26 Å². The molecule has 514 valence electrons. The largest absolute Gasteiger partial charge is 0.504 e. The first-order valence-corrected chi connectivity index (χ1v) is 32.9. The predicted octanol–water partition coefficient (Wildman–Crippen LogP) is 7.61. The molecule has 2 fully saturated rings. The molecular formula is C74H76N8O17. The topological polar surface area (TPSA) is 293 Å². The highest BCUT2D eigenvalue weighted by Gasteiger charge is 2.60. The number of phenolic OH excluding ortho intramolecular Hbond substituents is 2. The fraction of sp³-hybridized carbons (Fsp3) is 0.405. The Hall–Kier alpha value is -10.1. The van der Waals surface area contributed by atoms with Crippen molar-refractivity contribution in [3.05, 3.63) is 150 Å². The van der Waals surface area contributed by atoms with E-state index in [2.05, 4.69) is 25.8 Å². The number of aryl methyl sites for hydroxylation is 2. The molecule has 10 heterocycles. The van der Waals surface area contributed by atoms with Crippen LogP contribution in [0.3, 0.4) is 0 Å². The van der Waals surface area contributed by atoms with Gasteiger partial charge in [0.05, 0.1) is 72.8 Å². The van der Waals surface area contributed by atoms with Crippen molar-refractivity contribution in [2.24, 2.45) is 4.99 Å². The molecular weight excluding hydrogens is 1270 g/mol. The first-order chi connectivity index (χ1) is 47.5. The van der Waals surface area contributed by atoms with Gasteiger partial charge in [-0.05, 0) is 127 Å². The standard InChI is InChI=1S/C36H34N4O8.C35H35N3O9.C3H7N/c1-16-10-19-11-23-25(13-37)40-24(29(38(23)4)27(19)30(42)31(16)45-5)12-22-28(34-33(46-15-47-34)17(2)32(22)48-18(3)41)26(40)14-39-35(43)20-8-6-7-9-21(20)36(39)44;1-15-10-18-11-23-35(43)38-22(27(36(23)4)25(18)28(40)29(15)44-5)12-21-26(32-31(45-14-46-32)16(2)30(21)47-17(3)39)24(38)13-37-33(41)19-8-6-7-9-20(19)34(37)42;1-3-4-2/h6-10,23-26,29,42H,11-12,14-15H2,1-5H3;6-10,22-24,27,35,40,43H,11-14H2,1-5H3;3H,1-2H3/t23-,24?,25?,26-,29-;22?,23-,24-,27-,35?;/m00./s1. The maximum atomic E-state index is 13.8. The summed E-state index contributed by atoms with van der Waals surface area (Å²) >= 11 is 0. The fourth-order valence-corrected chi connectivity index (χ4v) is 17.5. The molecule has 0 saturated carbocycles. The van der Waals surface area contributed by atoms with E-state index in [0.29, 0.717) is 138 Å². The van der Waals surface area contributed by atoms with Crippen molar-refractivity contribution in [2.45, 2.75) is 135 Å². The lowest BCUT2D eigenvalue weighted by atomic mass is 9.71. The van der Waals surface area contributed by atoms with E-state index in [1.54, 1.807) is 75.6 Å². The van der Waals surface area contributed by atoms with Gasteiger partial charge in [-0.15, -0.1) is 0 Å². The van der Waals surface area contributed by atoms with Crippen LogP contribution in [0.5, 0.6) is 57.5 Å². The highest BCUT2D eigenvalue weighted by atomic mass is 16.7. The minimum Gasteiger partial charge on any atom is -0.504 e. The van der Waals surface area contributed by atoms with Crippen LogP contribution < -0.4 is 37.9 Å². The molecule has 25 nitrogen and oxygen atoms in total. The van der Waals surface area contributed by atoms with Crippen molar-refractivity contribution in [3.63, 3.8) is 0 Å². The number of aliphatic hydroxyl groups excluding tert-OH is 1. The molecule has 3 N–H and O–H groups in total. The van der Waals surface area contributed by atoms with Crippen LogP contribution in [0.1, 0.15) is 153 Å². The van der Waals surface area contributed by atoms with Crippen LogP contribution in [0, 0.1) is 39.0 Å². The number of fused-ring (bicyclic) bond motifs is 20. The highest BCUT2D eigenvalue weighted by molar-refractivity contribution is 6.22. The zero-order valence-corrected chi connectivity index (χ0v) is 56.9. The van der Waals surface area contributed by atoms with Gasteiger partial charge in [-0.1, -0.05) is 36.4 Å². The maximum Gasteiger partial charge on any atom is 0.308 e. The molecule has 0 spiro atoms. The quantitative estimate of drug-likeness (QED) is 0.0571. The van der Waals surface area contributed by atoms with Crippen molar-refractivity contribution in [1.82, 2.24) is 29.4 Å². The smallest absolute Gasteiger partial charge is 0.308 e. The predicted molar refractivity (Wildman–Crippen MR) is 355 cm³/mol. The van der Waals surface area contributed by atoms with Gasteiger partial charge in [0.1, 0.15) is 23.8 Å². The number of nitriles is 1. The molecule has 0 aromatic heterocycles. The second-order valence-electron chi connectivity index (χ2n) is 26.6. The molecule has 4 amide bonds. The molecule has 2 saturated heterocycles. The van der Waals surface area contributed by atoms with Crippen LogP contribution in [0.2, 0.25) is 0 Å². The molecule has 25 heteroatoms. The number of nitrogens with zero attached hydrogens (tertiary/aromatic N) is 8. The van der Waals surface area contributed by atoms with E-state index in [-0.39, 0.29) is 50.3 Å². The summed E-state index contributed by atoms with van der Waals surface area (Å²) in [6, 6.07) is 15.3. The fourth-order valence-electron chi connectivity index (χ4n) is 17.5. The van der Waals surface area contributed by atoms with Crippen LogP contribution in [0.15, 0.2) is 65.7 Å². The van der Waals surface area contributed by atoms with Gasteiger partial charge in [0, 0.05) is 96.6 Å². The van der Waals surface area contributed by atoms with Crippen molar-refractivity contribution < 1.29 is 82.0 Å². The zero-order valence-electron chi connectivity index (χ0n) is 56.9. The molecule has 6 aromatic rings. The van der Waals surface area contributed by atoms with E-state index >= 15 is 0 Å². The SMILES string of the molecule is CC=NC.COc1c(C)cc2c(c1O)[C@@H]1C3Cc4c(OC(C)=O)c(C)c5c(c4[C@H](CN4C(=O)c6ccccc6C4=O)N3C(C#N)[C@H](C2)N1C)OCO5.COc1c(C)cc2c(c1O)[C@@H]1C3Cc4c(OC(C)=O)c(C)c5c(c4[C@H](CN4C(=O)c6ccccc6C4=O)N3C(O)[C@H](C2)N1C)OCO5. The number of carbonyl (C=O) groups excluding carboxylic acids is 6. The van der Waals surface area contributed by atoms with Gasteiger partial charge in [0.15, 0.2) is 46.0 Å². The number of ether oxygens (including phenoxy) is 8. The van der Waals surface area contributed by atoms with Crippen molar-refractivity contribution in [1.29, 1.82) is 5.26 Å². The summed E-state index contributed by atoms with van der Waals surface area (Å²) in [5.74, 6) is 0.471. The molecule has 10 aliphatic rings. The van der Waals surface area contributed by atoms with Crippen LogP contribution in [0.25, 0.3) is 0 Å². The molecule has 4 bridgehead atoms. The Bertz CT molecular complexity index is 4490. The number of benzene rings is 6. The third kappa shape index (κ3) is 9.98. The number of phenols is 2. The van der Waals surface area contributed by atoms with Gasteiger partial charge < -0.3 is 58.2 Å². The number of amides is 4. The number of aliphatic imine (C=N–C) groups is 1. The van der Waals surface area contributed by atoms with Crippen molar-refractivity contribution in [2.75, 3.05) is 62.0 Å². The number of rotatable bonds is 8. The van der Waals surface area contributed by atoms with Crippen LogP contribution in [0.4, 0.5) is 0 Å². The third-order valence-corrected chi connectivity index (χ3v) is 21.6. The van der Waals surface area contributed by atoms with Gasteiger partial charge in [0.25, 0.3) is 23.6 Å². The molecule has 0 radical (unpaired) electrons. The van der Waals surface area contributed by atoms with E-state index < -0.39 is 84.1 Å². The van der Waals surface area contributed by atoms with Gasteiger partial charge >= 0.3 is 11.9 Å². The number of aromatic hydroxyl groups is 2. The van der Waals surface area contributed by atoms with Crippen LogP contribution in [-0.2, 0) is 35.3 Å². The lowest BCUT2D eigenvalue weighted by molar-refractivity contribution is -0.173. The Labute approximate surface area is 571 Å². The molecule has 4 unspecified atom stereocenters.